The van der Waals surface area contributed by atoms with Crippen LogP contribution in [0.15, 0.2) is 36.8 Å². The fourth-order valence-corrected chi connectivity index (χ4v) is 3.24. The molecule has 0 spiro atoms. The normalized spacial score (nSPS) is 14.3. The Hall–Kier alpha value is -3.93. The number of H-pyrrole nitrogens is 1. The number of rotatable bonds is 13. The largest absolute Gasteiger partial charge is 0.508 e. The van der Waals surface area contributed by atoms with Crippen LogP contribution in [0.2, 0.25) is 0 Å². The van der Waals surface area contributed by atoms with Crippen molar-refractivity contribution in [2.45, 2.75) is 51.2 Å². The third kappa shape index (κ3) is 8.74. The van der Waals surface area contributed by atoms with Crippen LogP contribution in [0.5, 0.6) is 5.75 Å². The lowest BCUT2D eigenvalue weighted by Crippen LogP contribution is -2.57. The van der Waals surface area contributed by atoms with E-state index in [2.05, 4.69) is 25.9 Å². The predicted molar refractivity (Wildman–Crippen MR) is 126 cm³/mol. The van der Waals surface area contributed by atoms with Crippen molar-refractivity contribution in [2.24, 2.45) is 11.7 Å². The molecule has 8 N–H and O–H groups in total. The number of nitrogens with two attached hydrogens (primary N) is 1. The zero-order valence-corrected chi connectivity index (χ0v) is 19.7. The molecule has 4 atom stereocenters. The van der Waals surface area contributed by atoms with Crippen LogP contribution in [0.4, 0.5) is 0 Å². The van der Waals surface area contributed by atoms with Crippen molar-refractivity contribution in [1.82, 2.24) is 25.9 Å². The van der Waals surface area contributed by atoms with Crippen LogP contribution in [-0.2, 0) is 32.0 Å². The van der Waals surface area contributed by atoms with Gasteiger partial charge in [0.2, 0.25) is 17.7 Å². The summed E-state index contributed by atoms with van der Waals surface area (Å²) in [7, 11) is 0. The van der Waals surface area contributed by atoms with Crippen LogP contribution in [0.1, 0.15) is 31.5 Å². The molecular formula is C23H32N6O6. The average molecular weight is 489 g/mol. The third-order valence-corrected chi connectivity index (χ3v) is 5.59. The van der Waals surface area contributed by atoms with E-state index in [1.165, 1.54) is 24.7 Å². The van der Waals surface area contributed by atoms with Crippen molar-refractivity contribution >= 4 is 23.7 Å². The molecule has 12 nitrogen and oxygen atoms in total. The Labute approximate surface area is 202 Å². The molecule has 1 aromatic carbocycles. The lowest BCUT2D eigenvalue weighted by Gasteiger charge is -2.25. The van der Waals surface area contributed by atoms with Crippen molar-refractivity contribution in [3.8, 4) is 5.75 Å². The van der Waals surface area contributed by atoms with Crippen LogP contribution in [0.25, 0.3) is 0 Å². The van der Waals surface area contributed by atoms with Gasteiger partial charge in [0, 0.05) is 24.7 Å². The highest BCUT2D eigenvalue weighted by Crippen LogP contribution is 2.12. The zero-order valence-electron chi connectivity index (χ0n) is 19.7. The number of aromatic amines is 1. The van der Waals surface area contributed by atoms with Gasteiger partial charge in [-0.3, -0.25) is 19.2 Å². The van der Waals surface area contributed by atoms with Crippen LogP contribution in [-0.4, -0.2) is 68.5 Å². The second-order valence-corrected chi connectivity index (χ2v) is 8.30. The molecule has 0 saturated carbocycles. The SMILES string of the molecule is CCC(C)C(N)C(=O)NC(Cc1cnc[nH]1)C(=O)NC(Cc1ccc(O)cc1)C(=O)NCC(=O)O. The van der Waals surface area contributed by atoms with Crippen LogP contribution < -0.4 is 21.7 Å². The molecule has 0 saturated heterocycles. The molecule has 0 aliphatic carbocycles. The van der Waals surface area contributed by atoms with E-state index in [9.17, 15) is 24.3 Å². The lowest BCUT2D eigenvalue weighted by molar-refractivity contribution is -0.138. The summed E-state index contributed by atoms with van der Waals surface area (Å²) in [6.07, 6.45) is 3.70. The van der Waals surface area contributed by atoms with E-state index >= 15 is 0 Å². The number of nitrogens with zero attached hydrogens (tertiary/aromatic N) is 1. The molecule has 0 aliphatic heterocycles. The molecule has 190 valence electrons. The summed E-state index contributed by atoms with van der Waals surface area (Å²) >= 11 is 0. The first-order valence-corrected chi connectivity index (χ1v) is 11.2. The summed E-state index contributed by atoms with van der Waals surface area (Å²) < 4.78 is 0. The summed E-state index contributed by atoms with van der Waals surface area (Å²) in [5.41, 5.74) is 7.21. The predicted octanol–water partition coefficient (Wildman–Crippen LogP) is -0.556. The standard InChI is InChI=1S/C23H32N6O6/c1-3-13(2)20(24)23(35)29-18(9-15-10-25-12-27-15)22(34)28-17(21(33)26-11-19(31)32)8-14-4-6-16(30)7-5-14/h4-7,10,12-13,17-18,20,30H,3,8-9,11,24H2,1-2H3,(H,25,27)(H,26,33)(H,28,34)(H,29,35)(H,31,32). The van der Waals surface area contributed by atoms with Gasteiger partial charge in [-0.05, 0) is 23.6 Å². The number of carboxylic acid groups (broad SMARTS) is 1. The van der Waals surface area contributed by atoms with Gasteiger partial charge in [0.1, 0.15) is 24.4 Å². The van der Waals surface area contributed by atoms with Crippen molar-refractivity contribution in [1.29, 1.82) is 0 Å². The van der Waals surface area contributed by atoms with E-state index in [1.54, 1.807) is 12.1 Å². The Bertz CT molecular complexity index is 994. The van der Waals surface area contributed by atoms with E-state index in [0.717, 1.165) is 0 Å². The fourth-order valence-electron chi connectivity index (χ4n) is 3.24. The topological polar surface area (TPSA) is 200 Å². The van der Waals surface area contributed by atoms with E-state index in [1.807, 2.05) is 13.8 Å². The molecule has 4 unspecified atom stereocenters. The zero-order chi connectivity index (χ0) is 26.0. The molecule has 1 heterocycles. The Kier molecular flexibility index (Phi) is 10.2. The number of aromatic hydroxyl groups is 1. The van der Waals surface area contributed by atoms with E-state index in [0.29, 0.717) is 17.7 Å². The first-order chi connectivity index (χ1) is 16.6. The van der Waals surface area contributed by atoms with Crippen molar-refractivity contribution in [3.05, 3.63) is 48.0 Å². The van der Waals surface area contributed by atoms with Crippen LogP contribution in [0.3, 0.4) is 0 Å². The second-order valence-electron chi connectivity index (χ2n) is 8.30. The summed E-state index contributed by atoms with van der Waals surface area (Å²) in [6.45, 7) is 3.10. The van der Waals surface area contributed by atoms with Gasteiger partial charge in [-0.25, -0.2) is 4.98 Å². The number of aliphatic carboxylic acids is 1. The molecule has 0 aliphatic rings. The van der Waals surface area contributed by atoms with Gasteiger partial charge in [-0.2, -0.15) is 0 Å². The number of imidazole rings is 1. The van der Waals surface area contributed by atoms with Crippen molar-refractivity contribution in [2.75, 3.05) is 6.54 Å². The number of carbonyl (C=O) groups is 4. The third-order valence-electron chi connectivity index (χ3n) is 5.59. The Morgan fingerprint density at radius 1 is 1.03 bits per heavy atom. The first kappa shape index (κ1) is 27.3. The van der Waals surface area contributed by atoms with Gasteiger partial charge in [0.05, 0.1) is 12.4 Å². The number of benzene rings is 1. The highest BCUT2D eigenvalue weighted by molar-refractivity contribution is 5.94. The molecule has 0 bridgehead atoms. The first-order valence-electron chi connectivity index (χ1n) is 11.2. The molecule has 3 amide bonds. The van der Waals surface area contributed by atoms with Gasteiger partial charge in [-0.15, -0.1) is 0 Å². The number of nitrogens with one attached hydrogen (secondary N) is 4. The molecule has 0 radical (unpaired) electrons. The van der Waals surface area contributed by atoms with Crippen LogP contribution in [0, 0.1) is 5.92 Å². The molecule has 2 aromatic rings. The summed E-state index contributed by atoms with van der Waals surface area (Å²) in [4.78, 5) is 56.3. The summed E-state index contributed by atoms with van der Waals surface area (Å²) in [5.74, 6) is -3.20. The van der Waals surface area contributed by atoms with Gasteiger partial charge in [0.15, 0.2) is 0 Å². The van der Waals surface area contributed by atoms with Gasteiger partial charge in [-0.1, -0.05) is 32.4 Å². The van der Waals surface area contributed by atoms with Crippen molar-refractivity contribution in [3.63, 3.8) is 0 Å². The van der Waals surface area contributed by atoms with Gasteiger partial charge < -0.3 is 36.9 Å². The number of hydrogen-bond donors (Lipinski definition) is 7. The Balaban J connectivity index is 2.22. The van der Waals surface area contributed by atoms with E-state index < -0.39 is 48.4 Å². The molecule has 35 heavy (non-hydrogen) atoms. The maximum Gasteiger partial charge on any atom is 0.322 e. The Morgan fingerprint density at radius 2 is 1.66 bits per heavy atom. The van der Waals surface area contributed by atoms with Gasteiger partial charge >= 0.3 is 5.97 Å². The number of amides is 3. The minimum absolute atomic E-state index is 0.0224. The minimum Gasteiger partial charge on any atom is -0.508 e. The second kappa shape index (κ2) is 13.1. The quantitative estimate of drug-likeness (QED) is 0.194. The highest BCUT2D eigenvalue weighted by Gasteiger charge is 2.30. The monoisotopic (exact) mass is 488 g/mol. The van der Waals surface area contributed by atoms with Crippen molar-refractivity contribution < 1.29 is 29.4 Å². The summed E-state index contributed by atoms with van der Waals surface area (Å²) in [5, 5.41) is 25.9. The smallest absolute Gasteiger partial charge is 0.322 e. The van der Waals surface area contributed by atoms with Crippen LogP contribution >= 0.6 is 0 Å². The number of phenolic OH excluding ortho intramolecular Hbond substituents is 1. The van der Waals surface area contributed by atoms with E-state index in [4.69, 9.17) is 10.8 Å². The number of phenols is 1. The number of carbonyl (C=O) groups excluding carboxylic acids is 3. The van der Waals surface area contributed by atoms with Gasteiger partial charge in [0.25, 0.3) is 0 Å². The number of hydrogen-bond acceptors (Lipinski definition) is 7. The van der Waals surface area contributed by atoms with E-state index in [-0.39, 0.29) is 24.5 Å². The number of aromatic nitrogens is 2. The fraction of sp³-hybridized carbons (Fsp3) is 0.435. The highest BCUT2D eigenvalue weighted by atomic mass is 16.4. The molecule has 2 rings (SSSR count). The average Bonchev–Trinajstić information content (AvgIpc) is 3.35. The molecular weight excluding hydrogens is 456 g/mol. The maximum absolute atomic E-state index is 13.2. The Morgan fingerprint density at radius 3 is 2.23 bits per heavy atom. The molecule has 1 aromatic heterocycles. The lowest BCUT2D eigenvalue weighted by atomic mass is 9.98. The minimum atomic E-state index is -1.24. The molecule has 12 heteroatoms. The summed E-state index contributed by atoms with van der Waals surface area (Å²) in [6, 6.07) is 2.97. The molecule has 0 fully saturated rings. The maximum atomic E-state index is 13.2. The number of carboxylic acids is 1.